The summed E-state index contributed by atoms with van der Waals surface area (Å²) in [5.41, 5.74) is 1.21. The lowest BCUT2D eigenvalue weighted by Gasteiger charge is -2.11. The van der Waals surface area contributed by atoms with E-state index in [0.29, 0.717) is 22.0 Å². The lowest BCUT2D eigenvalue weighted by atomic mass is 10.1. The number of carbonyl (C=O) groups is 1. The number of nitriles is 1. The average Bonchev–Trinajstić information content (AvgIpc) is 2.68. The third kappa shape index (κ3) is 4.96. The van der Waals surface area contributed by atoms with Crippen LogP contribution in [0.4, 0.5) is 11.4 Å². The Labute approximate surface area is 166 Å². The molecule has 0 spiro atoms. The molecular formula is C20H16ClN3O4. The first-order valence-corrected chi connectivity index (χ1v) is 8.42. The first-order valence-electron chi connectivity index (χ1n) is 8.04. The van der Waals surface area contributed by atoms with E-state index in [1.807, 2.05) is 0 Å². The molecule has 0 atom stereocenters. The first kappa shape index (κ1) is 20.7. The molecule has 0 heterocycles. The van der Waals surface area contributed by atoms with Crippen LogP contribution in [0.3, 0.4) is 0 Å². The molecule has 0 radical (unpaired) electrons. The molecule has 0 bridgehead atoms. The van der Waals surface area contributed by atoms with Crippen molar-refractivity contribution in [3.63, 3.8) is 0 Å². The van der Waals surface area contributed by atoms with Gasteiger partial charge in [0.2, 0.25) is 0 Å². The minimum atomic E-state index is -0.644. The fourth-order valence-corrected chi connectivity index (χ4v) is 2.48. The number of para-hydroxylation sites is 1. The van der Waals surface area contributed by atoms with Crippen LogP contribution in [0.15, 0.2) is 54.1 Å². The molecule has 0 aromatic heterocycles. The van der Waals surface area contributed by atoms with Crippen LogP contribution >= 0.6 is 11.6 Å². The molecule has 0 saturated carbocycles. The largest absolute Gasteiger partial charge is 0.495 e. The number of allylic oxidation sites excluding steroid dienone is 2. The number of hydrogen-bond acceptors (Lipinski definition) is 5. The number of methoxy groups -OCH3 is 1. The third-order valence-electron chi connectivity index (χ3n) is 3.77. The number of nitro groups is 1. The van der Waals surface area contributed by atoms with Crippen molar-refractivity contribution in [2.75, 3.05) is 12.4 Å². The fourth-order valence-electron chi connectivity index (χ4n) is 2.33. The summed E-state index contributed by atoms with van der Waals surface area (Å²) in [5, 5.41) is 23.4. The Morgan fingerprint density at radius 1 is 1.36 bits per heavy atom. The van der Waals surface area contributed by atoms with Crippen LogP contribution in [-0.2, 0) is 4.79 Å². The van der Waals surface area contributed by atoms with Crippen LogP contribution in [0.1, 0.15) is 11.1 Å². The van der Waals surface area contributed by atoms with Gasteiger partial charge in [-0.3, -0.25) is 14.9 Å². The van der Waals surface area contributed by atoms with Gasteiger partial charge in [-0.2, -0.15) is 5.26 Å². The summed E-state index contributed by atoms with van der Waals surface area (Å²) in [6.07, 6.45) is 4.14. The van der Waals surface area contributed by atoms with Gasteiger partial charge in [0.1, 0.15) is 17.4 Å². The van der Waals surface area contributed by atoms with E-state index >= 15 is 0 Å². The molecule has 0 aliphatic carbocycles. The van der Waals surface area contributed by atoms with Gasteiger partial charge in [0.05, 0.1) is 23.3 Å². The summed E-state index contributed by atoms with van der Waals surface area (Å²) in [6, 6.07) is 11.2. The van der Waals surface area contributed by atoms with Gasteiger partial charge in [-0.15, -0.1) is 0 Å². The number of hydrogen-bond donors (Lipinski definition) is 1. The normalized spacial score (nSPS) is 11.1. The van der Waals surface area contributed by atoms with Crippen molar-refractivity contribution in [1.82, 2.24) is 0 Å². The van der Waals surface area contributed by atoms with Crippen molar-refractivity contribution in [2.45, 2.75) is 6.92 Å². The summed E-state index contributed by atoms with van der Waals surface area (Å²) in [5.74, 6) is -0.286. The lowest BCUT2D eigenvalue weighted by molar-refractivity contribution is -0.385. The van der Waals surface area contributed by atoms with Crippen molar-refractivity contribution in [3.05, 3.63) is 80.4 Å². The highest BCUT2D eigenvalue weighted by Gasteiger charge is 2.14. The molecule has 0 fully saturated rings. The van der Waals surface area contributed by atoms with E-state index in [2.05, 4.69) is 5.32 Å². The van der Waals surface area contributed by atoms with Gasteiger partial charge in [-0.25, -0.2) is 0 Å². The molecule has 8 heteroatoms. The van der Waals surface area contributed by atoms with Gasteiger partial charge in [0.15, 0.2) is 0 Å². The molecule has 0 unspecified atom stereocenters. The number of halogens is 1. The van der Waals surface area contributed by atoms with Crippen molar-refractivity contribution in [3.8, 4) is 11.8 Å². The molecule has 0 aliphatic rings. The molecule has 1 amide bonds. The van der Waals surface area contributed by atoms with Gasteiger partial charge < -0.3 is 10.1 Å². The molecule has 28 heavy (non-hydrogen) atoms. The van der Waals surface area contributed by atoms with Crippen molar-refractivity contribution < 1.29 is 14.5 Å². The predicted molar refractivity (Wildman–Crippen MR) is 107 cm³/mol. The van der Waals surface area contributed by atoms with E-state index in [1.165, 1.54) is 31.4 Å². The minimum absolute atomic E-state index is 0.0727. The highest BCUT2D eigenvalue weighted by atomic mass is 35.5. The van der Waals surface area contributed by atoms with Crippen LogP contribution in [0.25, 0.3) is 6.08 Å². The molecule has 2 aromatic carbocycles. The topological polar surface area (TPSA) is 105 Å². The minimum Gasteiger partial charge on any atom is -0.495 e. The van der Waals surface area contributed by atoms with E-state index in [0.717, 1.165) is 5.56 Å². The lowest BCUT2D eigenvalue weighted by Crippen LogP contribution is -2.14. The molecule has 0 aliphatic heterocycles. The standard InChI is InChI=1S/C20H16ClN3O4/c1-13-10-17(19(28-2)11-16(13)21)23-20(25)15(12-22)8-5-7-14-6-3-4-9-18(14)24(26)27/h3-11H,1-2H3,(H,23,25)/b7-5+,15-8+. The first-order chi connectivity index (χ1) is 13.4. The van der Waals surface area contributed by atoms with E-state index in [1.54, 1.807) is 43.3 Å². The Hall–Kier alpha value is -3.63. The van der Waals surface area contributed by atoms with E-state index in [4.69, 9.17) is 16.3 Å². The number of carbonyl (C=O) groups excluding carboxylic acids is 1. The van der Waals surface area contributed by atoms with Crippen LogP contribution in [0.5, 0.6) is 5.75 Å². The van der Waals surface area contributed by atoms with E-state index < -0.39 is 10.8 Å². The molecular weight excluding hydrogens is 382 g/mol. The highest BCUT2D eigenvalue weighted by molar-refractivity contribution is 6.31. The number of benzene rings is 2. The zero-order valence-electron chi connectivity index (χ0n) is 15.1. The van der Waals surface area contributed by atoms with Crippen LogP contribution in [0.2, 0.25) is 5.02 Å². The highest BCUT2D eigenvalue weighted by Crippen LogP contribution is 2.31. The maximum absolute atomic E-state index is 12.4. The summed E-state index contributed by atoms with van der Waals surface area (Å²) in [4.78, 5) is 22.9. The molecule has 7 nitrogen and oxygen atoms in total. The fraction of sp³-hybridized carbons (Fsp3) is 0.100. The monoisotopic (exact) mass is 397 g/mol. The number of aryl methyl sites for hydroxylation is 1. The smallest absolute Gasteiger partial charge is 0.276 e. The third-order valence-corrected chi connectivity index (χ3v) is 4.17. The summed E-state index contributed by atoms with van der Waals surface area (Å²) >= 11 is 6.04. The van der Waals surface area contributed by atoms with Crippen LogP contribution in [-0.4, -0.2) is 17.9 Å². The number of nitrogens with one attached hydrogen (secondary N) is 1. The number of anilines is 1. The number of nitro benzene ring substituents is 1. The average molecular weight is 398 g/mol. The number of rotatable bonds is 6. The van der Waals surface area contributed by atoms with Crippen LogP contribution < -0.4 is 10.1 Å². The summed E-state index contributed by atoms with van der Waals surface area (Å²) in [6.45, 7) is 1.77. The zero-order chi connectivity index (χ0) is 20.7. The van der Waals surface area contributed by atoms with Crippen molar-refractivity contribution in [2.24, 2.45) is 0 Å². The van der Waals surface area contributed by atoms with Gasteiger partial charge in [-0.05, 0) is 36.8 Å². The molecule has 2 aromatic rings. The summed E-state index contributed by atoms with van der Waals surface area (Å²) in [7, 11) is 1.44. The number of nitrogens with zero attached hydrogens (tertiary/aromatic N) is 2. The Balaban J connectivity index is 2.24. The quantitative estimate of drug-likeness (QED) is 0.251. The van der Waals surface area contributed by atoms with E-state index in [-0.39, 0.29) is 11.3 Å². The van der Waals surface area contributed by atoms with E-state index in [9.17, 15) is 20.2 Å². The summed E-state index contributed by atoms with van der Waals surface area (Å²) < 4.78 is 5.19. The zero-order valence-corrected chi connectivity index (χ0v) is 15.9. The molecule has 1 N–H and O–H groups in total. The molecule has 0 saturated heterocycles. The maximum Gasteiger partial charge on any atom is 0.276 e. The number of amides is 1. The van der Waals surface area contributed by atoms with Gasteiger partial charge in [-0.1, -0.05) is 29.8 Å². The van der Waals surface area contributed by atoms with Crippen molar-refractivity contribution >= 4 is 35.0 Å². The Morgan fingerprint density at radius 3 is 2.71 bits per heavy atom. The molecule has 2 rings (SSSR count). The van der Waals surface area contributed by atoms with Crippen LogP contribution in [0, 0.1) is 28.4 Å². The predicted octanol–water partition coefficient (Wildman–Crippen LogP) is 4.67. The number of ether oxygens (including phenoxy) is 1. The second-order valence-electron chi connectivity index (χ2n) is 5.62. The Morgan fingerprint density at radius 2 is 2.07 bits per heavy atom. The SMILES string of the molecule is COc1cc(Cl)c(C)cc1NC(=O)/C(C#N)=C/C=C/c1ccccc1[N+](=O)[O-]. The Bertz CT molecular complexity index is 1020. The van der Waals surface area contributed by atoms with Gasteiger partial charge >= 0.3 is 0 Å². The second-order valence-corrected chi connectivity index (χ2v) is 6.03. The Kier molecular flexibility index (Phi) is 6.90. The second kappa shape index (κ2) is 9.35. The van der Waals surface area contributed by atoms with Gasteiger partial charge in [0.25, 0.3) is 11.6 Å². The van der Waals surface area contributed by atoms with Crippen molar-refractivity contribution in [1.29, 1.82) is 5.26 Å². The molecule has 142 valence electrons. The van der Waals surface area contributed by atoms with Gasteiger partial charge in [0, 0.05) is 17.2 Å². The maximum atomic E-state index is 12.4.